The fourth-order valence-electron chi connectivity index (χ4n) is 3.46. The Hall–Kier alpha value is -2.34. The maximum atomic E-state index is 12.7. The van der Waals surface area contributed by atoms with Crippen LogP contribution >= 0.6 is 0 Å². The zero-order chi connectivity index (χ0) is 21.2. The number of aryl methyl sites for hydroxylation is 5. The summed E-state index contributed by atoms with van der Waals surface area (Å²) in [5, 5.41) is 2.92. The molecular weight excluding hydrogens is 372 g/mol. The Bertz CT molecular complexity index is 974. The highest BCUT2D eigenvalue weighted by molar-refractivity contribution is 7.92. The summed E-state index contributed by atoms with van der Waals surface area (Å²) >= 11 is 0. The topological polar surface area (TPSA) is 66.5 Å². The number of sulfonamides is 1. The first-order valence-corrected chi connectivity index (χ1v) is 11.2. The highest BCUT2D eigenvalue weighted by Gasteiger charge is 2.25. The Labute approximate surface area is 168 Å². The molecule has 1 atom stereocenters. The van der Waals surface area contributed by atoms with Crippen molar-refractivity contribution >= 4 is 21.6 Å². The van der Waals surface area contributed by atoms with Gasteiger partial charge in [0.2, 0.25) is 15.9 Å². The van der Waals surface area contributed by atoms with E-state index in [9.17, 15) is 13.2 Å². The summed E-state index contributed by atoms with van der Waals surface area (Å²) in [5.74, 6) is -0.337. The van der Waals surface area contributed by atoms with E-state index in [0.717, 1.165) is 34.1 Å². The van der Waals surface area contributed by atoms with Crippen molar-refractivity contribution in [3.63, 3.8) is 0 Å². The van der Waals surface area contributed by atoms with Gasteiger partial charge in [-0.2, -0.15) is 0 Å². The summed E-state index contributed by atoms with van der Waals surface area (Å²) in [4.78, 5) is 12.7. The van der Waals surface area contributed by atoms with E-state index >= 15 is 0 Å². The molecule has 28 heavy (non-hydrogen) atoms. The molecule has 0 aliphatic heterocycles. The molecule has 0 bridgehead atoms. The molecule has 152 valence electrons. The van der Waals surface area contributed by atoms with Crippen LogP contribution in [0.2, 0.25) is 0 Å². The average Bonchev–Trinajstić information content (AvgIpc) is 2.54. The van der Waals surface area contributed by atoms with Crippen LogP contribution in [0.25, 0.3) is 0 Å². The van der Waals surface area contributed by atoms with E-state index in [2.05, 4.69) is 5.32 Å². The van der Waals surface area contributed by atoms with Crippen molar-refractivity contribution in [1.29, 1.82) is 0 Å². The summed E-state index contributed by atoms with van der Waals surface area (Å²) in [6.45, 7) is 11.4. The molecule has 0 saturated heterocycles. The number of carbonyl (C=O) groups excluding carboxylic acids is 1. The van der Waals surface area contributed by atoms with Crippen LogP contribution in [0.5, 0.6) is 0 Å². The number of hydrogen-bond acceptors (Lipinski definition) is 3. The molecule has 0 aromatic heterocycles. The van der Waals surface area contributed by atoms with Gasteiger partial charge < -0.3 is 5.32 Å². The lowest BCUT2D eigenvalue weighted by molar-refractivity contribution is -0.120. The second kappa shape index (κ2) is 8.35. The Kier molecular flexibility index (Phi) is 6.55. The van der Waals surface area contributed by atoms with E-state index in [1.54, 1.807) is 0 Å². The van der Waals surface area contributed by atoms with Crippen molar-refractivity contribution in [1.82, 2.24) is 5.32 Å². The molecule has 0 saturated carbocycles. The molecule has 0 aliphatic carbocycles. The van der Waals surface area contributed by atoms with Gasteiger partial charge in [0.1, 0.15) is 6.54 Å². The van der Waals surface area contributed by atoms with Crippen LogP contribution in [0.1, 0.15) is 46.3 Å². The van der Waals surface area contributed by atoms with Gasteiger partial charge in [-0.3, -0.25) is 9.10 Å². The molecule has 0 fully saturated rings. The van der Waals surface area contributed by atoms with Gasteiger partial charge in [-0.15, -0.1) is 0 Å². The van der Waals surface area contributed by atoms with Gasteiger partial charge >= 0.3 is 0 Å². The van der Waals surface area contributed by atoms with Crippen molar-refractivity contribution in [2.45, 2.75) is 47.6 Å². The lowest BCUT2D eigenvalue weighted by Gasteiger charge is -2.26. The second-order valence-electron chi connectivity index (χ2n) is 7.65. The maximum Gasteiger partial charge on any atom is 0.241 e. The largest absolute Gasteiger partial charge is 0.348 e. The number of rotatable bonds is 6. The first kappa shape index (κ1) is 22.0. The number of benzene rings is 2. The quantitative estimate of drug-likeness (QED) is 0.798. The van der Waals surface area contributed by atoms with E-state index in [0.29, 0.717) is 5.69 Å². The van der Waals surface area contributed by atoms with Crippen molar-refractivity contribution in [2.75, 3.05) is 17.1 Å². The van der Waals surface area contributed by atoms with Gasteiger partial charge in [-0.1, -0.05) is 35.9 Å². The Morgan fingerprint density at radius 1 is 0.964 bits per heavy atom. The number of hydrogen-bond donors (Lipinski definition) is 1. The smallest absolute Gasteiger partial charge is 0.241 e. The third kappa shape index (κ3) is 5.13. The van der Waals surface area contributed by atoms with Crippen molar-refractivity contribution < 1.29 is 13.2 Å². The fourth-order valence-corrected chi connectivity index (χ4v) is 4.43. The Balaban J connectivity index is 2.26. The first-order valence-electron chi connectivity index (χ1n) is 9.32. The third-order valence-corrected chi connectivity index (χ3v) is 6.09. The summed E-state index contributed by atoms with van der Waals surface area (Å²) in [7, 11) is -3.61. The van der Waals surface area contributed by atoms with Crippen LogP contribution in [0.15, 0.2) is 30.3 Å². The molecule has 0 radical (unpaired) electrons. The molecule has 2 rings (SSSR count). The van der Waals surface area contributed by atoms with Crippen LogP contribution in [-0.4, -0.2) is 27.1 Å². The van der Waals surface area contributed by atoms with E-state index in [4.69, 9.17) is 0 Å². The minimum Gasteiger partial charge on any atom is -0.348 e. The molecule has 2 aromatic rings. The minimum absolute atomic E-state index is 0.214. The third-order valence-electron chi connectivity index (χ3n) is 4.98. The number of anilines is 1. The highest BCUT2D eigenvalue weighted by Crippen LogP contribution is 2.28. The summed E-state index contributed by atoms with van der Waals surface area (Å²) in [6, 6.07) is 9.69. The molecule has 0 spiro atoms. The van der Waals surface area contributed by atoms with Crippen molar-refractivity contribution in [3.8, 4) is 0 Å². The Morgan fingerprint density at radius 2 is 1.54 bits per heavy atom. The van der Waals surface area contributed by atoms with Gasteiger partial charge in [0.05, 0.1) is 18.0 Å². The fraction of sp³-hybridized carbons (Fsp3) is 0.409. The SMILES string of the molecule is Cc1cc(C)c(N(CC(=O)NC(C)c2ccc(C)c(C)c2)S(C)(=O)=O)c(C)c1. The number of amides is 1. The average molecular weight is 403 g/mol. The number of carbonyl (C=O) groups is 1. The summed E-state index contributed by atoms with van der Waals surface area (Å²) in [6.07, 6.45) is 1.13. The van der Waals surface area contributed by atoms with E-state index < -0.39 is 10.0 Å². The van der Waals surface area contributed by atoms with Gasteiger partial charge in [-0.05, 0) is 69.4 Å². The molecule has 1 N–H and O–H groups in total. The Morgan fingerprint density at radius 3 is 2.04 bits per heavy atom. The normalized spacial score (nSPS) is 12.5. The molecule has 0 aliphatic rings. The van der Waals surface area contributed by atoms with Crippen LogP contribution in [0.3, 0.4) is 0 Å². The van der Waals surface area contributed by atoms with Gasteiger partial charge in [0.15, 0.2) is 0 Å². The lowest BCUT2D eigenvalue weighted by Crippen LogP contribution is -2.41. The molecule has 2 aromatic carbocycles. The standard InChI is InChI=1S/C22H30N2O3S/c1-14-10-17(4)22(18(5)11-14)24(28(7,26)27)13-21(25)23-19(6)20-9-8-15(2)16(3)12-20/h8-12,19H,13H2,1-7H3,(H,23,25). The molecule has 0 heterocycles. The van der Waals surface area contributed by atoms with Crippen LogP contribution < -0.4 is 9.62 Å². The van der Waals surface area contributed by atoms with Gasteiger partial charge in [-0.25, -0.2) is 8.42 Å². The van der Waals surface area contributed by atoms with Crippen molar-refractivity contribution in [3.05, 3.63) is 63.7 Å². The molecule has 1 amide bonds. The van der Waals surface area contributed by atoms with E-state index in [1.807, 2.05) is 71.9 Å². The van der Waals surface area contributed by atoms with E-state index in [1.165, 1.54) is 9.87 Å². The highest BCUT2D eigenvalue weighted by atomic mass is 32.2. The number of nitrogens with zero attached hydrogens (tertiary/aromatic N) is 1. The first-order chi connectivity index (χ1) is 12.9. The van der Waals surface area contributed by atoms with Gasteiger partial charge in [0, 0.05) is 0 Å². The van der Waals surface area contributed by atoms with Crippen molar-refractivity contribution in [2.24, 2.45) is 0 Å². The summed E-state index contributed by atoms with van der Waals surface area (Å²) < 4.78 is 26.1. The second-order valence-corrected chi connectivity index (χ2v) is 9.56. The van der Waals surface area contributed by atoms with Crippen LogP contribution in [0, 0.1) is 34.6 Å². The minimum atomic E-state index is -3.61. The van der Waals surface area contributed by atoms with Gasteiger partial charge in [0.25, 0.3) is 0 Å². The van der Waals surface area contributed by atoms with Crippen LogP contribution in [-0.2, 0) is 14.8 Å². The molecular formula is C22H30N2O3S. The summed E-state index contributed by atoms with van der Waals surface area (Å²) in [5.41, 5.74) is 6.63. The zero-order valence-electron chi connectivity index (χ0n) is 17.8. The molecule has 1 unspecified atom stereocenters. The molecule has 5 nitrogen and oxygen atoms in total. The number of nitrogens with one attached hydrogen (secondary N) is 1. The maximum absolute atomic E-state index is 12.7. The van der Waals surface area contributed by atoms with Crippen LogP contribution in [0.4, 0.5) is 5.69 Å². The monoisotopic (exact) mass is 402 g/mol. The van der Waals surface area contributed by atoms with E-state index in [-0.39, 0.29) is 18.5 Å². The predicted molar refractivity (Wildman–Crippen MR) is 115 cm³/mol. The zero-order valence-corrected chi connectivity index (χ0v) is 18.6. The predicted octanol–water partition coefficient (Wildman–Crippen LogP) is 3.87. The molecule has 6 heteroatoms. The lowest BCUT2D eigenvalue weighted by atomic mass is 10.0.